The van der Waals surface area contributed by atoms with Crippen LogP contribution in [0.1, 0.15) is 25.3 Å². The van der Waals surface area contributed by atoms with E-state index in [0.717, 1.165) is 24.9 Å². The van der Waals surface area contributed by atoms with Crippen molar-refractivity contribution in [3.63, 3.8) is 0 Å². The van der Waals surface area contributed by atoms with Crippen molar-refractivity contribution in [3.05, 3.63) is 33.8 Å². The zero-order valence-corrected chi connectivity index (χ0v) is 12.1. The summed E-state index contributed by atoms with van der Waals surface area (Å²) in [6.07, 6.45) is 2.13. The van der Waals surface area contributed by atoms with Crippen LogP contribution in [0.3, 0.4) is 0 Å². The number of aryl methyl sites for hydroxylation is 1. The van der Waals surface area contributed by atoms with Gasteiger partial charge in [0.15, 0.2) is 0 Å². The molecule has 19 heavy (non-hydrogen) atoms. The van der Waals surface area contributed by atoms with E-state index in [1.165, 1.54) is 0 Å². The minimum atomic E-state index is 0.470. The second kappa shape index (κ2) is 6.73. The summed E-state index contributed by atoms with van der Waals surface area (Å²) in [5.74, 6) is 0.479. The first-order chi connectivity index (χ1) is 9.20. The van der Waals surface area contributed by atoms with Gasteiger partial charge in [-0.05, 0) is 23.8 Å². The zero-order valence-electron chi connectivity index (χ0n) is 10.6. The molecule has 0 saturated carbocycles. The minimum absolute atomic E-state index is 0.470. The molecule has 7 heteroatoms. The van der Waals surface area contributed by atoms with Crippen molar-refractivity contribution in [3.8, 4) is 0 Å². The predicted octanol–water partition coefficient (Wildman–Crippen LogP) is 3.39. The lowest BCUT2D eigenvalue weighted by molar-refractivity contribution is 0.496. The average molecular weight is 300 g/mol. The second-order valence-electron chi connectivity index (χ2n) is 4.12. The standard InChI is InChI=1S/C12H15Cl2N5/c1-2-3-7-19-17-12(16-18-19)15-8-9-10(13)5-4-6-11(9)14/h4-6H,2-3,7-8H2,1H3,(H,15,17). The van der Waals surface area contributed by atoms with E-state index in [1.54, 1.807) is 16.9 Å². The molecule has 0 aliphatic carbocycles. The Kier molecular flexibility index (Phi) is 4.99. The van der Waals surface area contributed by atoms with Crippen LogP contribution in [0.4, 0.5) is 5.95 Å². The third-order valence-electron chi connectivity index (χ3n) is 2.65. The zero-order chi connectivity index (χ0) is 13.7. The van der Waals surface area contributed by atoms with Crippen LogP contribution in [0.5, 0.6) is 0 Å². The fourth-order valence-corrected chi connectivity index (χ4v) is 2.11. The fraction of sp³-hybridized carbons (Fsp3) is 0.417. The van der Waals surface area contributed by atoms with Crippen LogP contribution in [-0.2, 0) is 13.1 Å². The summed E-state index contributed by atoms with van der Waals surface area (Å²) in [5, 5.41) is 16.4. The van der Waals surface area contributed by atoms with Gasteiger partial charge in [-0.15, -0.1) is 5.10 Å². The number of hydrogen-bond donors (Lipinski definition) is 1. The second-order valence-corrected chi connectivity index (χ2v) is 4.93. The number of hydrogen-bond acceptors (Lipinski definition) is 4. The van der Waals surface area contributed by atoms with Crippen LogP contribution in [0.2, 0.25) is 10.0 Å². The molecule has 0 aliphatic heterocycles. The molecule has 0 bridgehead atoms. The molecule has 0 aliphatic rings. The molecular weight excluding hydrogens is 285 g/mol. The van der Waals surface area contributed by atoms with Crippen molar-refractivity contribution >= 4 is 29.2 Å². The summed E-state index contributed by atoms with van der Waals surface area (Å²) in [6.45, 7) is 3.37. The first-order valence-electron chi connectivity index (χ1n) is 6.15. The SMILES string of the molecule is CCCCn1nnc(NCc2c(Cl)cccc2Cl)n1. The third kappa shape index (κ3) is 3.81. The summed E-state index contributed by atoms with van der Waals surface area (Å²) >= 11 is 12.2. The van der Waals surface area contributed by atoms with E-state index in [-0.39, 0.29) is 0 Å². The molecule has 0 spiro atoms. The molecule has 0 atom stereocenters. The normalized spacial score (nSPS) is 10.7. The van der Waals surface area contributed by atoms with Crippen LogP contribution in [0, 0.1) is 0 Å². The molecule has 1 aromatic heterocycles. The van der Waals surface area contributed by atoms with Gasteiger partial charge in [-0.25, -0.2) is 0 Å². The number of aromatic nitrogens is 4. The third-order valence-corrected chi connectivity index (χ3v) is 3.36. The van der Waals surface area contributed by atoms with Gasteiger partial charge in [-0.3, -0.25) is 0 Å². The van der Waals surface area contributed by atoms with E-state index in [2.05, 4.69) is 27.7 Å². The molecule has 0 amide bonds. The van der Waals surface area contributed by atoms with Crippen molar-refractivity contribution in [1.82, 2.24) is 20.2 Å². The molecule has 102 valence electrons. The van der Waals surface area contributed by atoms with E-state index in [1.807, 2.05) is 6.07 Å². The molecule has 5 nitrogen and oxygen atoms in total. The van der Waals surface area contributed by atoms with Gasteiger partial charge in [0.25, 0.3) is 5.95 Å². The summed E-state index contributed by atoms with van der Waals surface area (Å²) < 4.78 is 0. The number of nitrogens with zero attached hydrogens (tertiary/aromatic N) is 4. The fourth-order valence-electron chi connectivity index (χ4n) is 1.58. The van der Waals surface area contributed by atoms with E-state index >= 15 is 0 Å². The maximum absolute atomic E-state index is 6.08. The number of unbranched alkanes of at least 4 members (excludes halogenated alkanes) is 1. The summed E-state index contributed by atoms with van der Waals surface area (Å²) in [7, 11) is 0. The maximum Gasteiger partial charge on any atom is 0.263 e. The van der Waals surface area contributed by atoms with Gasteiger partial charge < -0.3 is 5.32 Å². The first-order valence-corrected chi connectivity index (χ1v) is 6.91. The Morgan fingerprint density at radius 2 is 2.00 bits per heavy atom. The molecule has 0 saturated heterocycles. The highest BCUT2D eigenvalue weighted by molar-refractivity contribution is 6.36. The summed E-state index contributed by atoms with van der Waals surface area (Å²) in [6, 6.07) is 5.42. The number of benzene rings is 1. The smallest absolute Gasteiger partial charge is 0.263 e. The lowest BCUT2D eigenvalue weighted by Gasteiger charge is -2.06. The lowest BCUT2D eigenvalue weighted by atomic mass is 10.2. The molecule has 1 N–H and O–H groups in total. The molecule has 0 radical (unpaired) electrons. The number of anilines is 1. The van der Waals surface area contributed by atoms with Gasteiger partial charge in [0.1, 0.15) is 0 Å². The van der Waals surface area contributed by atoms with Crippen LogP contribution in [0.15, 0.2) is 18.2 Å². The lowest BCUT2D eigenvalue weighted by Crippen LogP contribution is -2.04. The summed E-state index contributed by atoms with van der Waals surface area (Å²) in [5.41, 5.74) is 0.829. The Morgan fingerprint density at radius 1 is 1.26 bits per heavy atom. The van der Waals surface area contributed by atoms with E-state index < -0.39 is 0 Å². The van der Waals surface area contributed by atoms with Gasteiger partial charge in [-0.1, -0.05) is 47.7 Å². The molecule has 0 unspecified atom stereocenters. The van der Waals surface area contributed by atoms with Gasteiger partial charge in [-0.2, -0.15) is 4.80 Å². The number of halogens is 2. The van der Waals surface area contributed by atoms with E-state index in [0.29, 0.717) is 22.5 Å². The molecular formula is C12H15Cl2N5. The van der Waals surface area contributed by atoms with Crippen molar-refractivity contribution in [1.29, 1.82) is 0 Å². The monoisotopic (exact) mass is 299 g/mol. The van der Waals surface area contributed by atoms with Crippen LogP contribution in [0.25, 0.3) is 0 Å². The van der Waals surface area contributed by atoms with Crippen molar-refractivity contribution in [2.75, 3.05) is 5.32 Å². The van der Waals surface area contributed by atoms with Crippen LogP contribution in [-0.4, -0.2) is 20.2 Å². The average Bonchev–Trinajstić information content (AvgIpc) is 2.84. The highest BCUT2D eigenvalue weighted by atomic mass is 35.5. The molecule has 0 fully saturated rings. The number of tetrazole rings is 1. The van der Waals surface area contributed by atoms with Gasteiger partial charge in [0.2, 0.25) is 0 Å². The van der Waals surface area contributed by atoms with Crippen LogP contribution >= 0.6 is 23.2 Å². The highest BCUT2D eigenvalue weighted by Gasteiger charge is 2.07. The van der Waals surface area contributed by atoms with Crippen molar-refractivity contribution in [2.24, 2.45) is 0 Å². The Balaban J connectivity index is 1.97. The Bertz CT molecular complexity index is 520. The quantitative estimate of drug-likeness (QED) is 0.888. The molecule has 1 aromatic carbocycles. The largest absolute Gasteiger partial charge is 0.347 e. The number of rotatable bonds is 6. The predicted molar refractivity (Wildman–Crippen MR) is 76.5 cm³/mol. The van der Waals surface area contributed by atoms with Crippen molar-refractivity contribution in [2.45, 2.75) is 32.9 Å². The molecule has 1 heterocycles. The Morgan fingerprint density at radius 3 is 2.68 bits per heavy atom. The Hall–Kier alpha value is -1.33. The first kappa shape index (κ1) is 14.1. The highest BCUT2D eigenvalue weighted by Crippen LogP contribution is 2.24. The maximum atomic E-state index is 6.08. The molecule has 2 aromatic rings. The minimum Gasteiger partial charge on any atom is -0.347 e. The summed E-state index contributed by atoms with van der Waals surface area (Å²) in [4.78, 5) is 1.58. The molecule has 2 rings (SSSR count). The van der Waals surface area contributed by atoms with Gasteiger partial charge in [0, 0.05) is 22.2 Å². The number of nitrogens with one attached hydrogen (secondary N) is 1. The van der Waals surface area contributed by atoms with Crippen LogP contribution < -0.4 is 5.32 Å². The Labute approximate surface area is 121 Å². The van der Waals surface area contributed by atoms with Gasteiger partial charge in [0.05, 0.1) is 6.54 Å². The topological polar surface area (TPSA) is 55.6 Å². The van der Waals surface area contributed by atoms with E-state index in [4.69, 9.17) is 23.2 Å². The van der Waals surface area contributed by atoms with Gasteiger partial charge >= 0.3 is 0 Å². The van der Waals surface area contributed by atoms with E-state index in [9.17, 15) is 0 Å². The van der Waals surface area contributed by atoms with Crippen molar-refractivity contribution < 1.29 is 0 Å².